The number of amides is 1. The molecule has 204 valence electrons. The Hall–Kier alpha value is -3.12. The molecule has 39 heavy (non-hydrogen) atoms. The standard InChI is InChI=1S/C28H29N3O5S3/c1-4-36-28(33)24-18(3)23(26-29-21-10-5-6-11-22(21)37-26)27(38-24)30-25(32)19-12-14-20(15-13-19)39(34,35)31-16-8-7-9-17(31)2/h5-6,10-15,17H,4,7-9,16H2,1-3H3,(H,30,32). The van der Waals surface area contributed by atoms with E-state index in [1.54, 1.807) is 11.2 Å². The minimum Gasteiger partial charge on any atom is -0.462 e. The molecule has 0 bridgehead atoms. The maximum absolute atomic E-state index is 13.3. The highest BCUT2D eigenvalue weighted by atomic mass is 32.2. The van der Waals surface area contributed by atoms with Gasteiger partial charge in [0.2, 0.25) is 10.0 Å². The molecule has 11 heteroatoms. The Balaban J connectivity index is 1.45. The summed E-state index contributed by atoms with van der Waals surface area (Å²) in [5.74, 6) is -0.867. The summed E-state index contributed by atoms with van der Waals surface area (Å²) in [6.07, 6.45) is 2.70. The van der Waals surface area contributed by atoms with Crippen molar-refractivity contribution in [2.75, 3.05) is 18.5 Å². The van der Waals surface area contributed by atoms with Crippen LogP contribution in [0.2, 0.25) is 0 Å². The van der Waals surface area contributed by atoms with Crippen LogP contribution in [0, 0.1) is 6.92 Å². The third-order valence-electron chi connectivity index (χ3n) is 6.81. The lowest BCUT2D eigenvalue weighted by atomic mass is 10.1. The van der Waals surface area contributed by atoms with Crippen LogP contribution in [0.1, 0.15) is 58.7 Å². The van der Waals surface area contributed by atoms with E-state index in [0.29, 0.717) is 38.1 Å². The number of benzene rings is 2. The molecule has 3 heterocycles. The fourth-order valence-electron chi connectivity index (χ4n) is 4.75. The molecule has 1 atom stereocenters. The topological polar surface area (TPSA) is 106 Å². The summed E-state index contributed by atoms with van der Waals surface area (Å²) >= 11 is 2.63. The minimum atomic E-state index is -3.64. The van der Waals surface area contributed by atoms with Gasteiger partial charge in [0.05, 0.1) is 21.7 Å². The number of hydrogen-bond acceptors (Lipinski definition) is 8. The van der Waals surface area contributed by atoms with E-state index in [4.69, 9.17) is 9.72 Å². The van der Waals surface area contributed by atoms with E-state index in [0.717, 1.165) is 40.8 Å². The molecule has 1 saturated heterocycles. The normalized spacial score (nSPS) is 16.3. The average Bonchev–Trinajstić information content (AvgIpc) is 3.49. The van der Waals surface area contributed by atoms with Gasteiger partial charge in [-0.25, -0.2) is 18.2 Å². The number of thiazole rings is 1. The van der Waals surface area contributed by atoms with Crippen molar-refractivity contribution in [3.63, 3.8) is 0 Å². The van der Waals surface area contributed by atoms with Gasteiger partial charge in [-0.2, -0.15) is 4.31 Å². The molecule has 0 aliphatic carbocycles. The second-order valence-corrected chi connectivity index (χ2v) is 13.3. The van der Waals surface area contributed by atoms with E-state index in [-0.39, 0.29) is 17.5 Å². The molecule has 0 spiro atoms. The number of fused-ring (bicyclic) bond motifs is 1. The van der Waals surface area contributed by atoms with Gasteiger partial charge < -0.3 is 10.1 Å². The van der Waals surface area contributed by atoms with E-state index in [1.807, 2.05) is 38.1 Å². The van der Waals surface area contributed by atoms with Crippen LogP contribution in [0.3, 0.4) is 0 Å². The van der Waals surface area contributed by atoms with Crippen LogP contribution in [-0.4, -0.2) is 48.8 Å². The zero-order chi connectivity index (χ0) is 27.7. The van der Waals surface area contributed by atoms with Crippen molar-refractivity contribution in [1.29, 1.82) is 0 Å². The molecular weight excluding hydrogens is 555 g/mol. The largest absolute Gasteiger partial charge is 0.462 e. The van der Waals surface area contributed by atoms with Gasteiger partial charge in [0.25, 0.3) is 5.91 Å². The van der Waals surface area contributed by atoms with Crippen LogP contribution < -0.4 is 5.32 Å². The second-order valence-electron chi connectivity index (χ2n) is 9.41. The van der Waals surface area contributed by atoms with Crippen molar-refractivity contribution in [3.8, 4) is 10.6 Å². The lowest BCUT2D eigenvalue weighted by molar-refractivity contribution is 0.0531. The SMILES string of the molecule is CCOC(=O)c1sc(NC(=O)c2ccc(S(=O)(=O)N3CCCCC3C)cc2)c(-c2nc3ccccc3s2)c1C. The average molecular weight is 584 g/mol. The summed E-state index contributed by atoms with van der Waals surface area (Å²) in [5.41, 5.74) is 2.50. The summed E-state index contributed by atoms with van der Waals surface area (Å²) in [4.78, 5) is 31.3. The number of piperidine rings is 1. The molecule has 8 nitrogen and oxygen atoms in total. The molecule has 1 aliphatic heterocycles. The first-order valence-electron chi connectivity index (χ1n) is 12.8. The Labute approximate surface area is 235 Å². The maximum atomic E-state index is 13.3. The summed E-state index contributed by atoms with van der Waals surface area (Å²) in [7, 11) is -3.64. The third kappa shape index (κ3) is 5.36. The number of hydrogen-bond donors (Lipinski definition) is 1. The van der Waals surface area contributed by atoms with Gasteiger partial charge in [-0.1, -0.05) is 18.6 Å². The number of aromatic nitrogens is 1. The molecule has 1 amide bonds. The molecule has 4 aromatic rings. The number of rotatable bonds is 7. The molecule has 0 radical (unpaired) electrons. The Morgan fingerprint density at radius 3 is 2.54 bits per heavy atom. The van der Waals surface area contributed by atoms with Gasteiger partial charge in [0, 0.05) is 23.7 Å². The summed E-state index contributed by atoms with van der Waals surface area (Å²) < 4.78 is 34.1. The van der Waals surface area contributed by atoms with Gasteiger partial charge in [-0.15, -0.1) is 22.7 Å². The van der Waals surface area contributed by atoms with E-state index in [9.17, 15) is 18.0 Å². The monoisotopic (exact) mass is 583 g/mol. The first-order valence-corrected chi connectivity index (χ1v) is 15.9. The minimum absolute atomic E-state index is 0.0525. The number of carbonyl (C=O) groups is 2. The molecule has 2 aromatic carbocycles. The lowest BCUT2D eigenvalue weighted by Crippen LogP contribution is -2.41. The van der Waals surface area contributed by atoms with Crippen LogP contribution in [0.25, 0.3) is 20.8 Å². The highest BCUT2D eigenvalue weighted by Gasteiger charge is 2.31. The lowest BCUT2D eigenvalue weighted by Gasteiger charge is -2.32. The number of nitrogens with one attached hydrogen (secondary N) is 1. The molecule has 1 unspecified atom stereocenters. The Kier molecular flexibility index (Phi) is 7.86. The predicted molar refractivity (Wildman–Crippen MR) is 155 cm³/mol. The number of thiophene rings is 1. The van der Waals surface area contributed by atoms with Gasteiger partial charge in [-0.05, 0) is 75.6 Å². The maximum Gasteiger partial charge on any atom is 0.348 e. The van der Waals surface area contributed by atoms with Crippen molar-refractivity contribution in [2.24, 2.45) is 0 Å². The Bertz CT molecular complexity index is 1610. The van der Waals surface area contributed by atoms with Crippen LogP contribution in [0.5, 0.6) is 0 Å². The van der Waals surface area contributed by atoms with Gasteiger partial charge in [0.15, 0.2) is 0 Å². The number of anilines is 1. The van der Waals surface area contributed by atoms with Crippen molar-refractivity contribution < 1.29 is 22.7 Å². The Morgan fingerprint density at radius 1 is 1.10 bits per heavy atom. The third-order valence-corrected chi connectivity index (χ3v) is 11.1. The van der Waals surface area contributed by atoms with Crippen molar-refractivity contribution in [3.05, 3.63) is 64.5 Å². The van der Waals surface area contributed by atoms with Gasteiger partial charge >= 0.3 is 5.97 Å². The highest BCUT2D eigenvalue weighted by molar-refractivity contribution is 7.89. The Morgan fingerprint density at radius 2 is 1.85 bits per heavy atom. The number of nitrogens with zero attached hydrogens (tertiary/aromatic N) is 2. The summed E-state index contributed by atoms with van der Waals surface area (Å²) in [5, 5.41) is 4.11. The molecule has 1 N–H and O–H groups in total. The first kappa shape index (κ1) is 27.4. The van der Waals surface area contributed by atoms with Crippen LogP contribution >= 0.6 is 22.7 Å². The second kappa shape index (κ2) is 11.2. The van der Waals surface area contributed by atoms with Crippen LogP contribution in [-0.2, 0) is 14.8 Å². The molecule has 1 aliphatic rings. The number of ether oxygens (including phenoxy) is 1. The molecular formula is C28H29N3O5S3. The number of sulfonamides is 1. The van der Waals surface area contributed by atoms with E-state index >= 15 is 0 Å². The number of carbonyl (C=O) groups excluding carboxylic acids is 2. The summed E-state index contributed by atoms with van der Waals surface area (Å²) in [6.45, 7) is 6.23. The van der Waals surface area contributed by atoms with Gasteiger partial charge in [-0.3, -0.25) is 4.79 Å². The molecule has 1 fully saturated rings. The van der Waals surface area contributed by atoms with Crippen molar-refractivity contribution >= 4 is 59.8 Å². The van der Waals surface area contributed by atoms with Crippen LogP contribution in [0.15, 0.2) is 53.4 Å². The molecule has 0 saturated carbocycles. The van der Waals surface area contributed by atoms with E-state index in [1.165, 1.54) is 35.6 Å². The zero-order valence-corrected chi connectivity index (χ0v) is 24.3. The summed E-state index contributed by atoms with van der Waals surface area (Å²) in [6, 6.07) is 13.7. The van der Waals surface area contributed by atoms with Gasteiger partial charge in [0.1, 0.15) is 14.9 Å². The zero-order valence-electron chi connectivity index (χ0n) is 21.9. The number of para-hydroxylation sites is 1. The molecule has 2 aromatic heterocycles. The highest BCUT2D eigenvalue weighted by Crippen LogP contribution is 2.43. The smallest absolute Gasteiger partial charge is 0.348 e. The number of esters is 1. The quantitative estimate of drug-likeness (QED) is 0.255. The first-order chi connectivity index (χ1) is 18.7. The van der Waals surface area contributed by atoms with E-state index < -0.39 is 21.9 Å². The fraction of sp³-hybridized carbons (Fsp3) is 0.321. The fourth-order valence-corrected chi connectivity index (χ4v) is 8.68. The van der Waals surface area contributed by atoms with E-state index in [2.05, 4.69) is 5.32 Å². The predicted octanol–water partition coefficient (Wildman–Crippen LogP) is 6.33. The van der Waals surface area contributed by atoms with Crippen LogP contribution in [0.4, 0.5) is 5.00 Å². The van der Waals surface area contributed by atoms with Crippen molar-refractivity contribution in [2.45, 2.75) is 51.0 Å². The molecule has 5 rings (SSSR count). The van der Waals surface area contributed by atoms with Crippen molar-refractivity contribution in [1.82, 2.24) is 9.29 Å².